The van der Waals surface area contributed by atoms with E-state index < -0.39 is 0 Å². The Morgan fingerprint density at radius 1 is 1.03 bits per heavy atom. The van der Waals surface area contributed by atoms with Crippen molar-refractivity contribution in [2.45, 2.75) is 38.3 Å². The molecule has 1 aliphatic carbocycles. The molecule has 6 rings (SSSR count). The lowest BCUT2D eigenvalue weighted by molar-refractivity contribution is 0.0813. The fourth-order valence-corrected chi connectivity index (χ4v) is 5.13. The second-order valence-corrected chi connectivity index (χ2v) is 9.71. The third-order valence-corrected chi connectivity index (χ3v) is 7.11. The molecule has 6 heteroatoms. The van der Waals surface area contributed by atoms with Crippen LogP contribution in [0.3, 0.4) is 0 Å². The molecule has 2 aliphatic rings. The number of aromatic nitrogens is 1. The normalized spacial score (nSPS) is 14.9. The number of carbonyl (C=O) groups excluding carboxylic acids is 1. The highest BCUT2D eigenvalue weighted by Gasteiger charge is 2.38. The summed E-state index contributed by atoms with van der Waals surface area (Å²) in [4.78, 5) is 19.9. The van der Waals surface area contributed by atoms with Gasteiger partial charge in [-0.05, 0) is 83.3 Å². The zero-order valence-electron chi connectivity index (χ0n) is 20.4. The number of benzene rings is 3. The van der Waals surface area contributed by atoms with Gasteiger partial charge >= 0.3 is 0 Å². The molecule has 182 valence electrons. The summed E-state index contributed by atoms with van der Waals surface area (Å²) in [5, 5.41) is 1.06. The first-order valence-corrected chi connectivity index (χ1v) is 12.2. The molecular formula is C30H27FN2O3. The highest BCUT2D eigenvalue weighted by atomic mass is 19.1. The van der Waals surface area contributed by atoms with E-state index in [0.717, 1.165) is 51.7 Å². The number of hydrogen-bond donors (Lipinski definition) is 0. The number of pyridine rings is 1. The predicted molar refractivity (Wildman–Crippen MR) is 136 cm³/mol. The monoisotopic (exact) mass is 482 g/mol. The summed E-state index contributed by atoms with van der Waals surface area (Å²) in [5.41, 5.74) is 6.75. The first-order valence-electron chi connectivity index (χ1n) is 12.2. The maximum atomic E-state index is 13.4. The van der Waals surface area contributed by atoms with E-state index in [2.05, 4.69) is 6.07 Å². The molecule has 3 aromatic carbocycles. The topological polar surface area (TPSA) is 51.7 Å². The molecule has 1 saturated carbocycles. The molecule has 1 aromatic heterocycles. The molecule has 0 spiro atoms. The van der Waals surface area contributed by atoms with Crippen molar-refractivity contribution in [3.63, 3.8) is 0 Å². The van der Waals surface area contributed by atoms with Crippen LogP contribution in [-0.2, 0) is 19.6 Å². The number of carbonyl (C=O) groups is 1. The lowest BCUT2D eigenvalue weighted by Crippen LogP contribution is -2.18. The van der Waals surface area contributed by atoms with Crippen LogP contribution in [0.2, 0.25) is 0 Å². The van der Waals surface area contributed by atoms with Gasteiger partial charge in [0.15, 0.2) is 5.75 Å². The lowest BCUT2D eigenvalue weighted by Gasteiger charge is -2.18. The number of fused-ring (bicyclic) bond motifs is 2. The van der Waals surface area contributed by atoms with Crippen molar-refractivity contribution in [1.82, 2.24) is 9.88 Å². The van der Waals surface area contributed by atoms with E-state index in [1.165, 1.54) is 17.7 Å². The van der Waals surface area contributed by atoms with E-state index in [1.54, 1.807) is 24.1 Å². The summed E-state index contributed by atoms with van der Waals surface area (Å²) >= 11 is 0. The van der Waals surface area contributed by atoms with Gasteiger partial charge in [0.05, 0.1) is 12.7 Å². The SMILES string of the molecule is COc1ccc(COc2c3c(c(C4CC4)c4cc(Cc5ccc(F)cc5)cnc24)CN(C)C3=O)cc1. The van der Waals surface area contributed by atoms with E-state index in [-0.39, 0.29) is 11.7 Å². The number of halogens is 1. The maximum Gasteiger partial charge on any atom is 0.258 e. The highest BCUT2D eigenvalue weighted by molar-refractivity contribution is 6.08. The van der Waals surface area contributed by atoms with Gasteiger partial charge in [-0.3, -0.25) is 9.78 Å². The van der Waals surface area contributed by atoms with E-state index in [9.17, 15) is 9.18 Å². The molecule has 2 heterocycles. The first kappa shape index (κ1) is 22.5. The summed E-state index contributed by atoms with van der Waals surface area (Å²) in [5.74, 6) is 1.53. The van der Waals surface area contributed by atoms with Crippen LogP contribution in [0, 0.1) is 5.82 Å². The largest absolute Gasteiger partial charge is 0.497 e. The van der Waals surface area contributed by atoms with Crippen molar-refractivity contribution >= 4 is 16.8 Å². The number of methoxy groups -OCH3 is 1. The lowest BCUT2D eigenvalue weighted by atomic mass is 9.92. The van der Waals surface area contributed by atoms with Crippen molar-refractivity contribution in [3.05, 3.63) is 100.0 Å². The Labute approximate surface area is 209 Å². The predicted octanol–water partition coefficient (Wildman–Crippen LogP) is 6.02. The Morgan fingerprint density at radius 2 is 1.75 bits per heavy atom. The van der Waals surface area contributed by atoms with Crippen LogP contribution < -0.4 is 9.47 Å². The first-order chi connectivity index (χ1) is 17.5. The molecule has 1 amide bonds. The number of ether oxygens (including phenoxy) is 2. The molecule has 4 aromatic rings. The number of nitrogens with zero attached hydrogens (tertiary/aromatic N) is 2. The average molecular weight is 483 g/mol. The highest BCUT2D eigenvalue weighted by Crippen LogP contribution is 2.50. The molecule has 1 fully saturated rings. The van der Waals surface area contributed by atoms with Gasteiger partial charge in [-0.2, -0.15) is 0 Å². The zero-order valence-corrected chi connectivity index (χ0v) is 20.4. The smallest absolute Gasteiger partial charge is 0.258 e. The number of amides is 1. The van der Waals surface area contributed by atoms with E-state index in [0.29, 0.717) is 36.8 Å². The maximum absolute atomic E-state index is 13.4. The third-order valence-electron chi connectivity index (χ3n) is 7.11. The average Bonchev–Trinajstić information content (AvgIpc) is 3.69. The third kappa shape index (κ3) is 4.06. The Kier molecular flexibility index (Phi) is 5.59. The minimum atomic E-state index is -0.241. The molecule has 0 atom stereocenters. The van der Waals surface area contributed by atoms with Crippen molar-refractivity contribution in [3.8, 4) is 11.5 Å². The molecule has 0 bridgehead atoms. The summed E-state index contributed by atoms with van der Waals surface area (Å²) in [6, 6.07) is 16.5. The Hall–Kier alpha value is -3.93. The summed E-state index contributed by atoms with van der Waals surface area (Å²) in [7, 11) is 3.48. The second kappa shape index (κ2) is 8.94. The quantitative estimate of drug-likeness (QED) is 0.323. The fraction of sp³-hybridized carbons (Fsp3) is 0.267. The van der Waals surface area contributed by atoms with Crippen LogP contribution >= 0.6 is 0 Å². The van der Waals surface area contributed by atoms with Crippen LogP contribution in [0.5, 0.6) is 11.5 Å². The standard InChI is InChI=1S/C30H27FN2O3/c1-33-16-25-26(21-7-8-21)24-14-20(13-18-3-9-22(31)10-4-18)15-32-28(24)29(27(25)30(33)34)36-17-19-5-11-23(35-2)12-6-19/h3-6,9-12,14-15,21H,7-8,13,16-17H2,1-2H3. The Bertz CT molecular complexity index is 1460. The van der Waals surface area contributed by atoms with Crippen LogP contribution in [0.25, 0.3) is 10.9 Å². The Morgan fingerprint density at radius 3 is 2.44 bits per heavy atom. The molecule has 1 aliphatic heterocycles. The molecule has 0 radical (unpaired) electrons. The summed E-state index contributed by atoms with van der Waals surface area (Å²) in [6.45, 7) is 0.904. The van der Waals surface area contributed by atoms with Gasteiger partial charge in [-0.25, -0.2) is 4.39 Å². The molecule has 0 unspecified atom stereocenters. The number of hydrogen-bond acceptors (Lipinski definition) is 4. The van der Waals surface area contributed by atoms with Crippen LogP contribution in [-0.4, -0.2) is 29.9 Å². The van der Waals surface area contributed by atoms with Gasteiger partial charge in [0.1, 0.15) is 23.7 Å². The van der Waals surface area contributed by atoms with Crippen LogP contribution in [0.15, 0.2) is 60.8 Å². The summed E-state index contributed by atoms with van der Waals surface area (Å²) < 4.78 is 25.0. The van der Waals surface area contributed by atoms with Gasteiger partial charge in [0.2, 0.25) is 0 Å². The molecular weight excluding hydrogens is 455 g/mol. The van der Waals surface area contributed by atoms with Crippen molar-refractivity contribution in [1.29, 1.82) is 0 Å². The van der Waals surface area contributed by atoms with Crippen molar-refractivity contribution in [2.75, 3.05) is 14.2 Å². The van der Waals surface area contributed by atoms with E-state index >= 15 is 0 Å². The van der Waals surface area contributed by atoms with Gasteiger partial charge in [0, 0.05) is 25.2 Å². The van der Waals surface area contributed by atoms with Crippen molar-refractivity contribution < 1.29 is 18.7 Å². The second-order valence-electron chi connectivity index (χ2n) is 9.71. The molecule has 0 N–H and O–H groups in total. The van der Waals surface area contributed by atoms with Crippen LogP contribution in [0.4, 0.5) is 4.39 Å². The molecule has 0 saturated heterocycles. The fourth-order valence-electron chi connectivity index (χ4n) is 5.13. The summed E-state index contributed by atoms with van der Waals surface area (Å²) in [6.07, 6.45) is 4.74. The van der Waals surface area contributed by atoms with Gasteiger partial charge in [-0.1, -0.05) is 24.3 Å². The molecule has 5 nitrogen and oxygen atoms in total. The van der Waals surface area contributed by atoms with E-state index in [4.69, 9.17) is 14.5 Å². The van der Waals surface area contributed by atoms with Crippen LogP contribution in [0.1, 0.15) is 56.9 Å². The zero-order chi connectivity index (χ0) is 24.8. The van der Waals surface area contributed by atoms with Crippen molar-refractivity contribution in [2.24, 2.45) is 0 Å². The van der Waals surface area contributed by atoms with Gasteiger partial charge in [0.25, 0.3) is 5.91 Å². The van der Waals surface area contributed by atoms with E-state index in [1.807, 2.05) is 37.5 Å². The minimum absolute atomic E-state index is 0.0179. The molecule has 36 heavy (non-hydrogen) atoms. The minimum Gasteiger partial charge on any atom is -0.497 e. The van der Waals surface area contributed by atoms with Gasteiger partial charge < -0.3 is 14.4 Å². The van der Waals surface area contributed by atoms with Gasteiger partial charge in [-0.15, -0.1) is 0 Å². The number of rotatable bonds is 7. The Balaban J connectivity index is 1.45.